The first kappa shape index (κ1) is 29.4. The van der Waals surface area contributed by atoms with Gasteiger partial charge in [-0.05, 0) is 64.0 Å². The predicted molar refractivity (Wildman–Crippen MR) is 137 cm³/mol. The van der Waals surface area contributed by atoms with Crippen molar-refractivity contribution in [1.29, 1.82) is 0 Å². The fourth-order valence-electron chi connectivity index (χ4n) is 3.11. The molecule has 2 atom stereocenters. The van der Waals surface area contributed by atoms with E-state index in [1.807, 2.05) is 20.0 Å². The molecule has 0 radical (unpaired) electrons. The van der Waals surface area contributed by atoms with E-state index in [4.69, 9.17) is 9.16 Å². The first-order chi connectivity index (χ1) is 15.8. The molecule has 0 saturated carbocycles. The Balaban J connectivity index is 2.46. The van der Waals surface area contributed by atoms with Crippen LogP contribution in [-0.4, -0.2) is 63.4 Å². The van der Waals surface area contributed by atoms with Crippen LogP contribution in [0.3, 0.4) is 0 Å². The van der Waals surface area contributed by atoms with Crippen LogP contribution in [0.25, 0.3) is 0 Å². The monoisotopic (exact) mass is 525 g/mol. The Morgan fingerprint density at radius 3 is 2.11 bits per heavy atom. The van der Waals surface area contributed by atoms with Crippen molar-refractivity contribution >= 4 is 30.1 Å². The summed E-state index contributed by atoms with van der Waals surface area (Å²) < 4.78 is 39.2. The highest BCUT2D eigenvalue weighted by Crippen LogP contribution is 2.37. The van der Waals surface area contributed by atoms with E-state index in [2.05, 4.69) is 20.8 Å². The maximum absolute atomic E-state index is 13.5. The van der Waals surface area contributed by atoms with E-state index in [-0.39, 0.29) is 22.1 Å². The first-order valence-corrected chi connectivity index (χ1v) is 16.0. The Labute approximate surface area is 210 Å². The number of aliphatic hydroxyl groups excluding tert-OH is 1. The van der Waals surface area contributed by atoms with Gasteiger partial charge in [0.25, 0.3) is 0 Å². The number of esters is 1. The zero-order valence-electron chi connectivity index (χ0n) is 22.2. The summed E-state index contributed by atoms with van der Waals surface area (Å²) in [5.74, 6) is -1.15. The average Bonchev–Trinajstić information content (AvgIpc) is 2.71. The number of carbonyl (C=O) groups excluding carboxylic acids is 2. The van der Waals surface area contributed by atoms with E-state index in [1.165, 1.54) is 18.2 Å². The molecule has 0 spiro atoms. The highest BCUT2D eigenvalue weighted by molar-refractivity contribution is 7.89. The van der Waals surface area contributed by atoms with Gasteiger partial charge < -0.3 is 14.3 Å². The minimum Gasteiger partial charge on any atom is -0.463 e. The second-order valence-electron chi connectivity index (χ2n) is 11.5. The zero-order valence-corrected chi connectivity index (χ0v) is 24.0. The molecular weight excluding hydrogens is 486 g/mol. The van der Waals surface area contributed by atoms with Gasteiger partial charge in [-0.15, -0.1) is 0 Å². The highest BCUT2D eigenvalue weighted by atomic mass is 32.2. The van der Waals surface area contributed by atoms with Crippen molar-refractivity contribution in [3.8, 4) is 0 Å². The molecule has 0 unspecified atom stereocenters. The summed E-state index contributed by atoms with van der Waals surface area (Å²) in [6.45, 7) is 16.5. The molecule has 2 rings (SSSR count). The summed E-state index contributed by atoms with van der Waals surface area (Å²) >= 11 is 0. The molecule has 0 amide bonds. The van der Waals surface area contributed by atoms with Crippen molar-refractivity contribution < 1.29 is 32.3 Å². The molecule has 0 fully saturated rings. The summed E-state index contributed by atoms with van der Waals surface area (Å²) in [5.41, 5.74) is 0.176. The molecule has 10 heteroatoms. The minimum absolute atomic E-state index is 0.0610. The maximum atomic E-state index is 13.5. The fourth-order valence-corrected chi connectivity index (χ4v) is 5.61. The van der Waals surface area contributed by atoms with Gasteiger partial charge >= 0.3 is 5.97 Å². The largest absolute Gasteiger partial charge is 0.463 e. The van der Waals surface area contributed by atoms with Crippen LogP contribution < -0.4 is 0 Å². The highest BCUT2D eigenvalue weighted by Gasteiger charge is 2.46. The van der Waals surface area contributed by atoms with Gasteiger partial charge in [0.1, 0.15) is 18.9 Å². The molecule has 1 N–H and O–H groups in total. The Morgan fingerprint density at radius 2 is 1.63 bits per heavy atom. The minimum atomic E-state index is -4.29. The molecular formula is C25H39NO7SSi. The second kappa shape index (κ2) is 10.3. The number of nitrogens with zero attached hydrogens (tertiary/aromatic N) is 1. The third kappa shape index (κ3) is 6.68. The molecule has 1 heterocycles. The van der Waals surface area contributed by atoms with Crippen molar-refractivity contribution in [3.05, 3.63) is 41.5 Å². The summed E-state index contributed by atoms with van der Waals surface area (Å²) in [6.07, 6.45) is -0.418. The number of hydrogen-bond donors (Lipinski definition) is 1. The molecule has 0 aliphatic carbocycles. The van der Waals surface area contributed by atoms with Gasteiger partial charge in [0, 0.05) is 5.57 Å². The van der Waals surface area contributed by atoms with Gasteiger partial charge in [0.15, 0.2) is 14.1 Å². The van der Waals surface area contributed by atoms with Crippen LogP contribution in [0.5, 0.6) is 0 Å². The van der Waals surface area contributed by atoms with Crippen LogP contribution in [0.2, 0.25) is 18.1 Å². The van der Waals surface area contributed by atoms with Gasteiger partial charge in [-0.3, -0.25) is 9.59 Å². The van der Waals surface area contributed by atoms with Crippen molar-refractivity contribution in [2.75, 3.05) is 13.2 Å². The van der Waals surface area contributed by atoms with E-state index in [9.17, 15) is 23.1 Å². The summed E-state index contributed by atoms with van der Waals surface area (Å²) in [6, 6.07) is 4.67. The number of ether oxygens (including phenoxy) is 1. The van der Waals surface area contributed by atoms with Crippen LogP contribution in [-0.2, 0) is 28.8 Å². The number of carbonyl (C=O) groups is 2. The Hall–Kier alpha value is -1.85. The van der Waals surface area contributed by atoms with E-state index < -0.39 is 54.4 Å². The van der Waals surface area contributed by atoms with Gasteiger partial charge in [-0.25, -0.2) is 8.42 Å². The lowest BCUT2D eigenvalue weighted by Gasteiger charge is -2.39. The molecule has 1 aliphatic heterocycles. The van der Waals surface area contributed by atoms with Crippen LogP contribution >= 0.6 is 0 Å². The molecule has 0 bridgehead atoms. The third-order valence-electron chi connectivity index (χ3n) is 6.51. The fraction of sp³-hybridized carbons (Fsp3) is 0.600. The SMILES string of the molecule is Cc1ccc(S(=O)(=O)N2[C@@H](O)C=C(CO[Si](C)(C)C(C)(C)C)C(=O)[C@@H]2COC(=O)C(C)(C)C)cc1. The van der Waals surface area contributed by atoms with Crippen LogP contribution in [0.4, 0.5) is 0 Å². The van der Waals surface area contributed by atoms with Gasteiger partial charge in [-0.2, -0.15) is 4.31 Å². The van der Waals surface area contributed by atoms with E-state index >= 15 is 0 Å². The smallest absolute Gasteiger partial charge is 0.311 e. The van der Waals surface area contributed by atoms with Crippen molar-refractivity contribution in [3.63, 3.8) is 0 Å². The van der Waals surface area contributed by atoms with Gasteiger partial charge in [0.05, 0.1) is 16.9 Å². The predicted octanol–water partition coefficient (Wildman–Crippen LogP) is 3.79. The first-order valence-electron chi connectivity index (χ1n) is 11.6. The lowest BCUT2D eigenvalue weighted by molar-refractivity contribution is -0.155. The lowest BCUT2D eigenvalue weighted by Crippen LogP contribution is -2.56. The molecule has 1 aromatic rings. The van der Waals surface area contributed by atoms with Crippen molar-refractivity contribution in [2.45, 2.75) is 83.8 Å². The van der Waals surface area contributed by atoms with E-state index in [1.54, 1.807) is 32.9 Å². The Kier molecular flexibility index (Phi) is 8.61. The molecule has 196 valence electrons. The molecule has 0 saturated heterocycles. The zero-order chi connectivity index (χ0) is 27.0. The number of sulfonamides is 1. The number of rotatable bonds is 7. The standard InChI is InChI=1S/C25H39NO7SSi/c1-17-10-12-19(13-11-17)34(30,31)26-20(16-32-23(29)24(2,3)4)22(28)18(14-21(26)27)15-33-35(8,9)25(5,6)7/h10-14,20-21,27H,15-16H2,1-9H3/t20-,21-/m0/s1. The van der Waals surface area contributed by atoms with Crippen molar-refractivity contribution in [1.82, 2.24) is 4.31 Å². The molecule has 8 nitrogen and oxygen atoms in total. The second-order valence-corrected chi connectivity index (χ2v) is 18.2. The Bertz CT molecular complexity index is 1080. The summed E-state index contributed by atoms with van der Waals surface area (Å²) in [7, 11) is -6.52. The Morgan fingerprint density at radius 1 is 1.09 bits per heavy atom. The van der Waals surface area contributed by atoms with Gasteiger partial charge in [0.2, 0.25) is 10.0 Å². The number of aryl methyl sites for hydroxylation is 1. The van der Waals surface area contributed by atoms with Crippen LogP contribution in [0, 0.1) is 12.3 Å². The third-order valence-corrected chi connectivity index (χ3v) is 12.9. The van der Waals surface area contributed by atoms with E-state index in [0.29, 0.717) is 4.31 Å². The summed E-state index contributed by atoms with van der Waals surface area (Å²) in [4.78, 5) is 25.8. The summed E-state index contributed by atoms with van der Waals surface area (Å²) in [5, 5.41) is 10.8. The number of Topliss-reactive ketones (excluding diaryl/α,β-unsaturated/α-hetero) is 1. The topological polar surface area (TPSA) is 110 Å². The normalized spacial score (nSPS) is 20.5. The van der Waals surface area contributed by atoms with Crippen molar-refractivity contribution in [2.24, 2.45) is 5.41 Å². The number of aliphatic hydroxyl groups is 1. The van der Waals surface area contributed by atoms with Crippen LogP contribution in [0.1, 0.15) is 47.1 Å². The number of benzene rings is 1. The average molecular weight is 526 g/mol. The lowest BCUT2D eigenvalue weighted by atomic mass is 9.97. The van der Waals surface area contributed by atoms with E-state index in [0.717, 1.165) is 5.56 Å². The molecule has 1 aliphatic rings. The van der Waals surface area contributed by atoms with Gasteiger partial charge in [-0.1, -0.05) is 38.5 Å². The molecule has 0 aromatic heterocycles. The number of hydrogen-bond acceptors (Lipinski definition) is 7. The maximum Gasteiger partial charge on any atom is 0.311 e. The van der Waals surface area contributed by atoms with Crippen LogP contribution in [0.15, 0.2) is 40.8 Å². The number of ketones is 1. The quantitative estimate of drug-likeness (QED) is 0.426. The molecule has 1 aromatic carbocycles. The molecule has 35 heavy (non-hydrogen) atoms.